The lowest BCUT2D eigenvalue weighted by Crippen LogP contribution is -2.22. The van der Waals surface area contributed by atoms with Crippen molar-refractivity contribution in [2.75, 3.05) is 0 Å². The maximum atomic E-state index is 13.1. The molecule has 0 radical (unpaired) electrons. The first-order valence-corrected chi connectivity index (χ1v) is 6.45. The van der Waals surface area contributed by atoms with Gasteiger partial charge in [-0.05, 0) is 31.5 Å². The van der Waals surface area contributed by atoms with Crippen molar-refractivity contribution in [1.82, 2.24) is 10.3 Å². The highest BCUT2D eigenvalue weighted by Gasteiger charge is 2.13. The number of benzene rings is 1. The van der Waals surface area contributed by atoms with Crippen molar-refractivity contribution >= 4 is 11.3 Å². The fraction of sp³-hybridized carbons (Fsp3) is 0.308. The van der Waals surface area contributed by atoms with E-state index in [1.54, 1.807) is 29.7 Å². The van der Waals surface area contributed by atoms with Crippen LogP contribution in [0.15, 0.2) is 35.8 Å². The Hall–Kier alpha value is -1.26. The number of hydrogen-bond acceptors (Lipinski definition) is 3. The Labute approximate surface area is 105 Å². The minimum atomic E-state index is -0.196. The van der Waals surface area contributed by atoms with E-state index in [-0.39, 0.29) is 17.9 Å². The summed E-state index contributed by atoms with van der Waals surface area (Å²) in [6.45, 7) is 4.09. The van der Waals surface area contributed by atoms with Gasteiger partial charge >= 0.3 is 0 Å². The molecule has 0 aliphatic rings. The molecular weight excluding hydrogens is 235 g/mol. The second-order valence-electron chi connectivity index (χ2n) is 4.04. The summed E-state index contributed by atoms with van der Waals surface area (Å²) in [5, 5.41) is 6.41. The highest BCUT2D eigenvalue weighted by Crippen LogP contribution is 2.20. The van der Waals surface area contributed by atoms with E-state index in [4.69, 9.17) is 0 Å². The van der Waals surface area contributed by atoms with Gasteiger partial charge in [-0.1, -0.05) is 12.1 Å². The molecule has 0 saturated heterocycles. The van der Waals surface area contributed by atoms with Crippen molar-refractivity contribution < 1.29 is 4.39 Å². The highest BCUT2D eigenvalue weighted by atomic mass is 32.1. The highest BCUT2D eigenvalue weighted by molar-refractivity contribution is 7.09. The van der Waals surface area contributed by atoms with E-state index < -0.39 is 0 Å². The molecule has 1 aromatic heterocycles. The van der Waals surface area contributed by atoms with Crippen LogP contribution in [-0.2, 0) is 0 Å². The summed E-state index contributed by atoms with van der Waals surface area (Å²) in [6.07, 6.45) is 1.80. The number of nitrogens with zero attached hydrogens (tertiary/aromatic N) is 1. The fourth-order valence-electron chi connectivity index (χ4n) is 1.77. The third-order valence-corrected chi connectivity index (χ3v) is 3.63. The summed E-state index contributed by atoms with van der Waals surface area (Å²) in [6, 6.07) is 6.96. The molecule has 0 spiro atoms. The van der Waals surface area contributed by atoms with E-state index in [2.05, 4.69) is 17.2 Å². The van der Waals surface area contributed by atoms with Gasteiger partial charge in [-0.25, -0.2) is 9.37 Å². The molecule has 2 atom stereocenters. The topological polar surface area (TPSA) is 24.9 Å². The SMILES string of the molecule is CC(N[C@H](C)c1cccc(F)c1)c1nccs1. The van der Waals surface area contributed by atoms with Gasteiger partial charge in [-0.3, -0.25) is 0 Å². The molecule has 2 aromatic rings. The van der Waals surface area contributed by atoms with Crippen molar-refractivity contribution in [3.63, 3.8) is 0 Å². The van der Waals surface area contributed by atoms with Crippen molar-refractivity contribution in [1.29, 1.82) is 0 Å². The third kappa shape index (κ3) is 3.11. The summed E-state index contributed by atoms with van der Waals surface area (Å²) in [5.41, 5.74) is 0.952. The summed E-state index contributed by atoms with van der Waals surface area (Å²) in [4.78, 5) is 4.26. The second-order valence-corrected chi connectivity index (χ2v) is 4.96. The van der Waals surface area contributed by atoms with E-state index in [1.807, 2.05) is 18.4 Å². The smallest absolute Gasteiger partial charge is 0.123 e. The average molecular weight is 250 g/mol. The normalized spacial score (nSPS) is 14.5. The Morgan fingerprint density at radius 2 is 2.12 bits per heavy atom. The lowest BCUT2D eigenvalue weighted by atomic mass is 10.1. The van der Waals surface area contributed by atoms with E-state index in [0.717, 1.165) is 10.6 Å². The fourth-order valence-corrected chi connectivity index (χ4v) is 2.42. The van der Waals surface area contributed by atoms with Gasteiger partial charge in [-0.15, -0.1) is 11.3 Å². The molecule has 1 heterocycles. The molecule has 2 rings (SSSR count). The summed E-state index contributed by atoms with van der Waals surface area (Å²) in [7, 11) is 0. The van der Waals surface area contributed by atoms with Gasteiger partial charge in [0.1, 0.15) is 10.8 Å². The van der Waals surface area contributed by atoms with Crippen LogP contribution in [0, 0.1) is 5.82 Å². The maximum absolute atomic E-state index is 13.1. The van der Waals surface area contributed by atoms with Gasteiger partial charge in [0.2, 0.25) is 0 Å². The van der Waals surface area contributed by atoms with E-state index in [1.165, 1.54) is 6.07 Å². The Morgan fingerprint density at radius 3 is 2.76 bits per heavy atom. The monoisotopic (exact) mass is 250 g/mol. The zero-order valence-corrected chi connectivity index (χ0v) is 10.7. The molecule has 4 heteroatoms. The average Bonchev–Trinajstić information content (AvgIpc) is 2.82. The number of rotatable bonds is 4. The zero-order valence-electron chi connectivity index (χ0n) is 9.85. The number of hydrogen-bond donors (Lipinski definition) is 1. The van der Waals surface area contributed by atoms with Crippen LogP contribution in [-0.4, -0.2) is 4.98 Å². The molecule has 2 nitrogen and oxygen atoms in total. The van der Waals surface area contributed by atoms with Gasteiger partial charge in [0.15, 0.2) is 0 Å². The van der Waals surface area contributed by atoms with Crippen LogP contribution in [0.4, 0.5) is 4.39 Å². The molecule has 1 aromatic carbocycles. The Bertz CT molecular complexity index is 470. The van der Waals surface area contributed by atoms with Crippen LogP contribution in [0.1, 0.15) is 36.5 Å². The molecule has 0 aliphatic heterocycles. The number of thiazole rings is 1. The van der Waals surface area contributed by atoms with Crippen LogP contribution < -0.4 is 5.32 Å². The summed E-state index contributed by atoms with van der Waals surface area (Å²) < 4.78 is 13.1. The lowest BCUT2D eigenvalue weighted by molar-refractivity contribution is 0.490. The first-order valence-electron chi connectivity index (χ1n) is 5.57. The lowest BCUT2D eigenvalue weighted by Gasteiger charge is -2.18. The van der Waals surface area contributed by atoms with Crippen LogP contribution in [0.3, 0.4) is 0 Å². The van der Waals surface area contributed by atoms with Crippen molar-refractivity contribution in [2.45, 2.75) is 25.9 Å². The molecule has 0 bridgehead atoms. The van der Waals surface area contributed by atoms with E-state index >= 15 is 0 Å². The minimum Gasteiger partial charge on any atom is -0.302 e. The zero-order chi connectivity index (χ0) is 12.3. The first kappa shape index (κ1) is 12.2. The number of nitrogens with one attached hydrogen (secondary N) is 1. The number of halogens is 1. The van der Waals surface area contributed by atoms with Crippen molar-refractivity contribution in [3.8, 4) is 0 Å². The van der Waals surface area contributed by atoms with Gasteiger partial charge in [0.25, 0.3) is 0 Å². The first-order chi connectivity index (χ1) is 8.16. The van der Waals surface area contributed by atoms with Gasteiger partial charge in [-0.2, -0.15) is 0 Å². The number of aromatic nitrogens is 1. The molecule has 0 aliphatic carbocycles. The molecule has 0 saturated carbocycles. The minimum absolute atomic E-state index is 0.101. The second kappa shape index (κ2) is 5.38. The van der Waals surface area contributed by atoms with Crippen molar-refractivity contribution in [2.24, 2.45) is 0 Å². The standard InChI is InChI=1S/C13H15FN2S/c1-9(11-4-3-5-12(14)8-11)16-10(2)13-15-6-7-17-13/h3-10,16H,1-2H3/t9-,10?/m1/s1. The van der Waals surface area contributed by atoms with E-state index in [9.17, 15) is 4.39 Å². The largest absolute Gasteiger partial charge is 0.302 e. The molecule has 17 heavy (non-hydrogen) atoms. The van der Waals surface area contributed by atoms with Gasteiger partial charge in [0, 0.05) is 17.6 Å². The molecule has 0 amide bonds. The quantitative estimate of drug-likeness (QED) is 0.895. The molecular formula is C13H15FN2S. The molecule has 0 fully saturated rings. The van der Waals surface area contributed by atoms with Crippen molar-refractivity contribution in [3.05, 3.63) is 52.2 Å². The molecule has 1 N–H and O–H groups in total. The summed E-state index contributed by atoms with van der Waals surface area (Å²) >= 11 is 1.62. The van der Waals surface area contributed by atoms with Crippen LogP contribution in [0.5, 0.6) is 0 Å². The Kier molecular flexibility index (Phi) is 3.86. The van der Waals surface area contributed by atoms with Crippen LogP contribution >= 0.6 is 11.3 Å². The third-order valence-electron chi connectivity index (χ3n) is 2.67. The maximum Gasteiger partial charge on any atom is 0.123 e. The summed E-state index contributed by atoms with van der Waals surface area (Å²) in [5.74, 6) is -0.196. The molecule has 90 valence electrons. The predicted octanol–water partition coefficient (Wildman–Crippen LogP) is 3.69. The molecule has 1 unspecified atom stereocenters. The van der Waals surface area contributed by atoms with Crippen LogP contribution in [0.25, 0.3) is 0 Å². The Morgan fingerprint density at radius 1 is 1.29 bits per heavy atom. The Balaban J connectivity index is 2.04. The van der Waals surface area contributed by atoms with E-state index in [0.29, 0.717) is 0 Å². The van der Waals surface area contributed by atoms with Crippen LogP contribution in [0.2, 0.25) is 0 Å². The van der Waals surface area contributed by atoms with Gasteiger partial charge < -0.3 is 5.32 Å². The van der Waals surface area contributed by atoms with Gasteiger partial charge in [0.05, 0.1) is 6.04 Å². The predicted molar refractivity (Wildman–Crippen MR) is 68.5 cm³/mol.